The first-order valence-electron chi connectivity index (χ1n) is 8.64. The Morgan fingerprint density at radius 1 is 1.04 bits per heavy atom. The molecule has 0 bridgehead atoms. The number of aromatic nitrogens is 2. The van der Waals surface area contributed by atoms with Gasteiger partial charge in [0.2, 0.25) is 0 Å². The van der Waals surface area contributed by atoms with E-state index in [1.165, 1.54) is 33.4 Å². The molecule has 2 aliphatic carbocycles. The van der Waals surface area contributed by atoms with Gasteiger partial charge in [0.15, 0.2) is 0 Å². The zero-order chi connectivity index (χ0) is 17.8. The van der Waals surface area contributed by atoms with Crippen molar-refractivity contribution in [1.82, 2.24) is 9.97 Å². The topological polar surface area (TPSA) is 25.8 Å². The molecule has 0 amide bonds. The second-order valence-corrected chi connectivity index (χ2v) is 7.07. The van der Waals surface area contributed by atoms with E-state index < -0.39 is 0 Å². The highest BCUT2D eigenvalue weighted by Crippen LogP contribution is 2.73. The molecule has 1 atom stereocenters. The van der Waals surface area contributed by atoms with Crippen LogP contribution in [-0.4, -0.2) is 9.97 Å². The van der Waals surface area contributed by atoms with Gasteiger partial charge in [-0.05, 0) is 61.6 Å². The normalized spacial score (nSPS) is 21.4. The molecule has 0 spiro atoms. The molecule has 1 aromatic heterocycles. The van der Waals surface area contributed by atoms with Crippen LogP contribution in [0.2, 0.25) is 0 Å². The van der Waals surface area contributed by atoms with E-state index >= 15 is 0 Å². The van der Waals surface area contributed by atoms with Gasteiger partial charge in [0.05, 0.1) is 11.1 Å². The van der Waals surface area contributed by atoms with Gasteiger partial charge in [-0.2, -0.15) is 0 Å². The number of rotatable bonds is 4. The zero-order valence-electron chi connectivity index (χ0n) is 15.2. The fourth-order valence-electron chi connectivity index (χ4n) is 3.99. The third-order valence-corrected chi connectivity index (χ3v) is 5.16. The molecule has 0 radical (unpaired) electrons. The molecule has 2 nitrogen and oxygen atoms in total. The summed E-state index contributed by atoms with van der Waals surface area (Å²) in [6, 6.07) is 10.9. The monoisotopic (exact) mass is 326 g/mol. The maximum absolute atomic E-state index is 4.77. The molecule has 0 saturated heterocycles. The Labute approximate surface area is 149 Å². The summed E-state index contributed by atoms with van der Waals surface area (Å²) in [5.74, 6) is 0.814. The van der Waals surface area contributed by atoms with E-state index in [-0.39, 0.29) is 5.41 Å². The molecular formula is C23H22N2. The van der Waals surface area contributed by atoms with Crippen LogP contribution < -0.4 is 0 Å². The molecule has 0 N–H and O–H groups in total. The van der Waals surface area contributed by atoms with Gasteiger partial charge < -0.3 is 0 Å². The minimum atomic E-state index is -0.154. The van der Waals surface area contributed by atoms with Crippen molar-refractivity contribution in [3.05, 3.63) is 100 Å². The average molecular weight is 326 g/mol. The average Bonchev–Trinajstić information content (AvgIpc) is 3.20. The number of allylic oxidation sites excluding steroid dienone is 7. The van der Waals surface area contributed by atoms with Gasteiger partial charge in [0, 0.05) is 6.20 Å². The molecule has 25 heavy (non-hydrogen) atoms. The van der Waals surface area contributed by atoms with Crippen LogP contribution in [0, 0.1) is 13.8 Å². The van der Waals surface area contributed by atoms with E-state index in [4.69, 9.17) is 4.98 Å². The third kappa shape index (κ3) is 2.17. The number of benzene rings is 1. The summed E-state index contributed by atoms with van der Waals surface area (Å²) in [6.07, 6.45) is 6.17. The number of nitrogens with zero attached hydrogens (tertiary/aromatic N) is 2. The van der Waals surface area contributed by atoms with E-state index in [1.54, 1.807) is 0 Å². The van der Waals surface area contributed by atoms with Gasteiger partial charge in [-0.3, -0.25) is 0 Å². The molecule has 1 aromatic carbocycles. The number of hydrogen-bond acceptors (Lipinski definition) is 2. The molecule has 2 aliphatic rings. The van der Waals surface area contributed by atoms with E-state index in [0.717, 1.165) is 17.1 Å². The van der Waals surface area contributed by atoms with Crippen LogP contribution in [0.5, 0.6) is 0 Å². The molecular weight excluding hydrogens is 304 g/mol. The Bertz CT molecular complexity index is 987. The summed E-state index contributed by atoms with van der Waals surface area (Å²) in [7, 11) is 0. The Morgan fingerprint density at radius 3 is 2.40 bits per heavy atom. The van der Waals surface area contributed by atoms with Crippen LogP contribution in [0.4, 0.5) is 0 Å². The summed E-state index contributed by atoms with van der Waals surface area (Å²) >= 11 is 0. The van der Waals surface area contributed by atoms with Crippen molar-refractivity contribution in [2.45, 2.75) is 33.1 Å². The number of aryl methyl sites for hydroxylation is 2. The predicted octanol–water partition coefficient (Wildman–Crippen LogP) is 5.26. The molecule has 0 fully saturated rings. The van der Waals surface area contributed by atoms with Crippen LogP contribution in [0.25, 0.3) is 5.57 Å². The summed E-state index contributed by atoms with van der Waals surface area (Å²) in [6.45, 7) is 12.3. The van der Waals surface area contributed by atoms with Crippen molar-refractivity contribution in [3.8, 4) is 0 Å². The maximum atomic E-state index is 4.77. The van der Waals surface area contributed by atoms with E-state index in [9.17, 15) is 0 Å². The summed E-state index contributed by atoms with van der Waals surface area (Å²) in [5, 5.41) is 0. The van der Waals surface area contributed by atoms with Gasteiger partial charge in [-0.25, -0.2) is 9.97 Å². The summed E-state index contributed by atoms with van der Waals surface area (Å²) in [5.41, 5.74) is 10.1. The van der Waals surface area contributed by atoms with Gasteiger partial charge in [0.1, 0.15) is 5.82 Å². The number of hydrogen-bond donors (Lipinski definition) is 0. The van der Waals surface area contributed by atoms with Crippen LogP contribution in [0.3, 0.4) is 0 Å². The predicted molar refractivity (Wildman–Crippen MR) is 103 cm³/mol. The third-order valence-electron chi connectivity index (χ3n) is 5.16. The highest BCUT2D eigenvalue weighted by atomic mass is 14.9. The van der Waals surface area contributed by atoms with Crippen molar-refractivity contribution in [1.29, 1.82) is 0 Å². The second kappa shape index (κ2) is 5.38. The number of fused-ring (bicyclic) bond motifs is 1. The van der Waals surface area contributed by atoms with Crippen molar-refractivity contribution < 1.29 is 0 Å². The van der Waals surface area contributed by atoms with Crippen molar-refractivity contribution in [2.75, 3.05) is 0 Å². The highest BCUT2D eigenvalue weighted by molar-refractivity contribution is 6.09. The Balaban J connectivity index is 1.84. The molecule has 0 saturated carbocycles. The maximum Gasteiger partial charge on any atom is 0.125 e. The van der Waals surface area contributed by atoms with Gasteiger partial charge in [-0.1, -0.05) is 54.1 Å². The Hall–Kier alpha value is -2.74. The molecule has 0 aliphatic heterocycles. The lowest BCUT2D eigenvalue weighted by molar-refractivity contribution is 0.777. The van der Waals surface area contributed by atoms with Crippen LogP contribution in [-0.2, 0) is 5.41 Å². The van der Waals surface area contributed by atoms with Gasteiger partial charge >= 0.3 is 0 Å². The summed E-state index contributed by atoms with van der Waals surface area (Å²) in [4.78, 5) is 9.05. The van der Waals surface area contributed by atoms with E-state index in [0.29, 0.717) is 0 Å². The second-order valence-electron chi connectivity index (χ2n) is 7.07. The molecule has 4 rings (SSSR count). The smallest absolute Gasteiger partial charge is 0.125 e. The van der Waals surface area contributed by atoms with Crippen molar-refractivity contribution in [3.63, 3.8) is 0 Å². The minimum absolute atomic E-state index is 0.154. The Morgan fingerprint density at radius 2 is 1.76 bits per heavy atom. The van der Waals surface area contributed by atoms with Crippen LogP contribution in [0.1, 0.15) is 36.5 Å². The first-order valence-corrected chi connectivity index (χ1v) is 8.64. The lowest BCUT2D eigenvalue weighted by Gasteiger charge is -2.31. The largest absolute Gasteiger partial charge is 0.242 e. The first kappa shape index (κ1) is 15.8. The first-order chi connectivity index (χ1) is 12.0. The molecule has 1 heterocycles. The standard InChI is InChI=1S/C23H22N2/c1-14(2)6-11-19-16(4)21-22(18-9-7-15(3)8-10-18)23(19,21)20-12-13-24-17(5)25-20/h6-13H,1H2,2-5H3/b11-6-. The molecule has 124 valence electrons. The van der Waals surface area contributed by atoms with Crippen molar-refractivity contribution in [2.24, 2.45) is 0 Å². The zero-order valence-corrected chi connectivity index (χ0v) is 15.2. The highest BCUT2D eigenvalue weighted by Gasteiger charge is 2.65. The fraction of sp³-hybridized carbons (Fsp3) is 0.217. The molecule has 2 aromatic rings. The SMILES string of the molecule is C=C(C)/C=C\C1=C(C)C2=C(c3ccc(C)cc3)C12c1ccnc(C)n1. The quantitative estimate of drug-likeness (QED) is 0.716. The van der Waals surface area contributed by atoms with Gasteiger partial charge in [0.25, 0.3) is 0 Å². The van der Waals surface area contributed by atoms with Crippen molar-refractivity contribution >= 4 is 5.57 Å². The minimum Gasteiger partial charge on any atom is -0.242 e. The lowest BCUT2D eigenvalue weighted by atomic mass is 9.71. The van der Waals surface area contributed by atoms with E-state index in [2.05, 4.69) is 67.9 Å². The van der Waals surface area contributed by atoms with Crippen LogP contribution in [0.15, 0.2) is 77.6 Å². The Kier molecular flexibility index (Phi) is 3.40. The van der Waals surface area contributed by atoms with E-state index in [1.807, 2.05) is 20.0 Å². The van der Waals surface area contributed by atoms with Crippen LogP contribution >= 0.6 is 0 Å². The fourth-order valence-corrected chi connectivity index (χ4v) is 3.99. The molecule has 2 heteroatoms. The summed E-state index contributed by atoms with van der Waals surface area (Å²) < 4.78 is 0. The van der Waals surface area contributed by atoms with Gasteiger partial charge in [-0.15, -0.1) is 0 Å². The molecule has 1 unspecified atom stereocenters. The lowest BCUT2D eigenvalue weighted by Crippen LogP contribution is -2.26.